The van der Waals surface area contributed by atoms with Crippen LogP contribution in [-0.2, 0) is 6.54 Å². The number of aryl methyl sites for hydroxylation is 2. The molecule has 3 nitrogen and oxygen atoms in total. The topological polar surface area (TPSA) is 55.1 Å². The SMILES string of the molecule is Cc1cc(C)cc(C(=O)NCc2ccc(C(N)=S)cc2)c1. The Hall–Kier alpha value is -2.20. The molecule has 0 radical (unpaired) electrons. The minimum atomic E-state index is -0.0692. The lowest BCUT2D eigenvalue weighted by Gasteiger charge is -2.08. The molecule has 0 unspecified atom stereocenters. The summed E-state index contributed by atoms with van der Waals surface area (Å²) >= 11 is 4.91. The summed E-state index contributed by atoms with van der Waals surface area (Å²) in [5, 5.41) is 2.92. The number of hydrogen-bond donors (Lipinski definition) is 2. The zero-order chi connectivity index (χ0) is 15.4. The minimum absolute atomic E-state index is 0.0692. The van der Waals surface area contributed by atoms with Crippen molar-refractivity contribution in [1.82, 2.24) is 5.32 Å². The third-order valence-corrected chi connectivity index (χ3v) is 3.41. The Morgan fingerprint density at radius 2 is 1.62 bits per heavy atom. The van der Waals surface area contributed by atoms with E-state index < -0.39 is 0 Å². The van der Waals surface area contributed by atoms with Crippen molar-refractivity contribution in [1.29, 1.82) is 0 Å². The van der Waals surface area contributed by atoms with Gasteiger partial charge in [-0.15, -0.1) is 0 Å². The maximum Gasteiger partial charge on any atom is 0.251 e. The Labute approximate surface area is 130 Å². The summed E-state index contributed by atoms with van der Waals surface area (Å²) in [5.74, 6) is -0.0692. The normalized spacial score (nSPS) is 10.2. The van der Waals surface area contributed by atoms with Crippen LogP contribution in [0.3, 0.4) is 0 Å². The zero-order valence-electron chi connectivity index (χ0n) is 12.1. The Kier molecular flexibility index (Phi) is 4.70. The fourth-order valence-corrected chi connectivity index (χ4v) is 2.31. The Morgan fingerprint density at radius 1 is 1.05 bits per heavy atom. The number of amides is 1. The molecule has 0 spiro atoms. The van der Waals surface area contributed by atoms with Gasteiger partial charge in [-0.1, -0.05) is 53.7 Å². The molecular weight excluding hydrogens is 280 g/mol. The van der Waals surface area contributed by atoms with Gasteiger partial charge in [-0.25, -0.2) is 0 Å². The van der Waals surface area contributed by atoms with Gasteiger partial charge >= 0.3 is 0 Å². The molecule has 4 heteroatoms. The number of nitrogens with two attached hydrogens (primary N) is 1. The smallest absolute Gasteiger partial charge is 0.251 e. The Balaban J connectivity index is 2.02. The highest BCUT2D eigenvalue weighted by atomic mass is 32.1. The summed E-state index contributed by atoms with van der Waals surface area (Å²) in [4.78, 5) is 12.5. The molecule has 2 rings (SSSR count). The molecule has 0 aliphatic heterocycles. The Morgan fingerprint density at radius 3 is 2.14 bits per heavy atom. The predicted molar refractivity (Wildman–Crippen MR) is 89.4 cm³/mol. The first kappa shape index (κ1) is 15.2. The molecule has 0 saturated heterocycles. The van der Waals surface area contributed by atoms with Crippen molar-refractivity contribution in [2.24, 2.45) is 5.73 Å². The van der Waals surface area contributed by atoms with E-state index in [2.05, 4.69) is 5.32 Å². The van der Waals surface area contributed by atoms with Gasteiger partial charge in [0.05, 0.1) is 0 Å². The number of hydrogen-bond acceptors (Lipinski definition) is 2. The summed E-state index contributed by atoms with van der Waals surface area (Å²) in [5.41, 5.74) is 10.2. The van der Waals surface area contributed by atoms with Gasteiger partial charge in [0.1, 0.15) is 4.99 Å². The molecule has 0 saturated carbocycles. The summed E-state index contributed by atoms with van der Waals surface area (Å²) in [6, 6.07) is 13.4. The van der Waals surface area contributed by atoms with Gasteiger partial charge < -0.3 is 11.1 Å². The molecule has 0 heterocycles. The number of carbonyl (C=O) groups excluding carboxylic acids is 1. The highest BCUT2D eigenvalue weighted by molar-refractivity contribution is 7.80. The van der Waals surface area contributed by atoms with Gasteiger partial charge in [0.15, 0.2) is 0 Å². The molecule has 0 bridgehead atoms. The van der Waals surface area contributed by atoms with Crippen LogP contribution in [0, 0.1) is 13.8 Å². The van der Waals surface area contributed by atoms with Crippen LogP contribution in [0.2, 0.25) is 0 Å². The lowest BCUT2D eigenvalue weighted by molar-refractivity contribution is 0.0950. The molecule has 0 aliphatic rings. The number of thiocarbonyl (C=S) groups is 1. The van der Waals surface area contributed by atoms with E-state index in [-0.39, 0.29) is 5.91 Å². The third kappa shape index (κ3) is 4.13. The molecule has 0 aromatic heterocycles. The third-order valence-electron chi connectivity index (χ3n) is 3.18. The minimum Gasteiger partial charge on any atom is -0.389 e. The van der Waals surface area contributed by atoms with Gasteiger partial charge in [-0.2, -0.15) is 0 Å². The van der Waals surface area contributed by atoms with Crippen molar-refractivity contribution in [3.05, 3.63) is 70.3 Å². The first-order valence-electron chi connectivity index (χ1n) is 6.71. The summed E-state index contributed by atoms with van der Waals surface area (Å²) < 4.78 is 0. The number of rotatable bonds is 4. The number of nitrogens with one attached hydrogen (secondary N) is 1. The summed E-state index contributed by atoms with van der Waals surface area (Å²) in [7, 11) is 0. The molecule has 21 heavy (non-hydrogen) atoms. The van der Waals surface area contributed by atoms with Gasteiger partial charge in [-0.3, -0.25) is 4.79 Å². The van der Waals surface area contributed by atoms with Crippen LogP contribution in [0.15, 0.2) is 42.5 Å². The van der Waals surface area contributed by atoms with E-state index in [4.69, 9.17) is 18.0 Å². The van der Waals surface area contributed by atoms with Crippen LogP contribution in [-0.4, -0.2) is 10.9 Å². The highest BCUT2D eigenvalue weighted by Gasteiger charge is 2.06. The van der Waals surface area contributed by atoms with Crippen molar-refractivity contribution >= 4 is 23.1 Å². The quantitative estimate of drug-likeness (QED) is 0.853. The maximum atomic E-state index is 12.1. The Bertz CT molecular complexity index is 657. The summed E-state index contributed by atoms with van der Waals surface area (Å²) in [6.45, 7) is 4.44. The van der Waals surface area contributed by atoms with Crippen LogP contribution in [0.4, 0.5) is 0 Å². The molecule has 3 N–H and O–H groups in total. The number of benzene rings is 2. The van der Waals surface area contributed by atoms with Gasteiger partial charge in [-0.05, 0) is 31.5 Å². The van der Waals surface area contributed by atoms with Crippen LogP contribution in [0.25, 0.3) is 0 Å². The van der Waals surface area contributed by atoms with E-state index in [1.165, 1.54) is 0 Å². The number of carbonyl (C=O) groups is 1. The van der Waals surface area contributed by atoms with E-state index >= 15 is 0 Å². The van der Waals surface area contributed by atoms with Gasteiger partial charge in [0.2, 0.25) is 0 Å². The lowest BCUT2D eigenvalue weighted by atomic mass is 10.1. The molecule has 1 amide bonds. The monoisotopic (exact) mass is 298 g/mol. The molecule has 0 aliphatic carbocycles. The van der Waals surface area contributed by atoms with Crippen molar-refractivity contribution < 1.29 is 4.79 Å². The summed E-state index contributed by atoms with van der Waals surface area (Å²) in [6.07, 6.45) is 0. The van der Waals surface area contributed by atoms with E-state index in [0.29, 0.717) is 17.1 Å². The van der Waals surface area contributed by atoms with Crippen LogP contribution in [0.5, 0.6) is 0 Å². The van der Waals surface area contributed by atoms with E-state index in [1.807, 2.05) is 56.3 Å². The average Bonchev–Trinajstić information content (AvgIpc) is 2.44. The first-order chi connectivity index (χ1) is 9.95. The molecule has 0 atom stereocenters. The van der Waals surface area contributed by atoms with E-state index in [1.54, 1.807) is 0 Å². The second-order valence-electron chi connectivity index (χ2n) is 5.12. The van der Waals surface area contributed by atoms with E-state index in [9.17, 15) is 4.79 Å². The van der Waals surface area contributed by atoms with Crippen molar-refractivity contribution in [2.45, 2.75) is 20.4 Å². The maximum absolute atomic E-state index is 12.1. The standard InChI is InChI=1S/C17H18N2OS/c1-11-7-12(2)9-15(8-11)17(20)19-10-13-3-5-14(6-4-13)16(18)21/h3-9H,10H2,1-2H3,(H2,18,21)(H,19,20). The lowest BCUT2D eigenvalue weighted by Crippen LogP contribution is -2.23. The molecule has 2 aromatic rings. The van der Waals surface area contributed by atoms with Gasteiger partial charge in [0, 0.05) is 17.7 Å². The van der Waals surface area contributed by atoms with Crippen LogP contribution < -0.4 is 11.1 Å². The van der Waals surface area contributed by atoms with Crippen molar-refractivity contribution in [3.8, 4) is 0 Å². The van der Waals surface area contributed by atoms with Crippen molar-refractivity contribution in [2.75, 3.05) is 0 Å². The second-order valence-corrected chi connectivity index (χ2v) is 5.56. The van der Waals surface area contributed by atoms with E-state index in [0.717, 1.165) is 22.3 Å². The van der Waals surface area contributed by atoms with Crippen LogP contribution in [0.1, 0.15) is 32.6 Å². The van der Waals surface area contributed by atoms with Gasteiger partial charge in [0.25, 0.3) is 5.91 Å². The largest absolute Gasteiger partial charge is 0.389 e. The first-order valence-corrected chi connectivity index (χ1v) is 7.12. The average molecular weight is 298 g/mol. The molecule has 0 fully saturated rings. The fraction of sp³-hybridized carbons (Fsp3) is 0.176. The molecular formula is C17H18N2OS. The van der Waals surface area contributed by atoms with Crippen LogP contribution >= 0.6 is 12.2 Å². The highest BCUT2D eigenvalue weighted by Crippen LogP contribution is 2.09. The second kappa shape index (κ2) is 6.50. The molecule has 108 valence electrons. The van der Waals surface area contributed by atoms with Crippen molar-refractivity contribution in [3.63, 3.8) is 0 Å². The predicted octanol–water partition coefficient (Wildman–Crippen LogP) is 2.87. The zero-order valence-corrected chi connectivity index (χ0v) is 13.0. The molecule has 2 aromatic carbocycles. The fourth-order valence-electron chi connectivity index (χ4n) is 2.18.